The van der Waals surface area contributed by atoms with Gasteiger partial charge in [0.25, 0.3) is 0 Å². The second kappa shape index (κ2) is 6.70. The SMILES string of the molecule is O=C(O)Cc1csc(NCCC2CCCCO2)n1. The molecule has 1 aromatic rings. The number of carboxylic acid groups (broad SMARTS) is 1. The Morgan fingerprint density at radius 1 is 1.61 bits per heavy atom. The lowest BCUT2D eigenvalue weighted by atomic mass is 10.1. The molecule has 5 nitrogen and oxygen atoms in total. The van der Waals surface area contributed by atoms with Gasteiger partial charge in [0.1, 0.15) is 0 Å². The fraction of sp³-hybridized carbons (Fsp3) is 0.667. The molecule has 0 aliphatic carbocycles. The van der Waals surface area contributed by atoms with Crippen molar-refractivity contribution in [2.75, 3.05) is 18.5 Å². The molecule has 100 valence electrons. The number of aliphatic carboxylic acids is 1. The first-order valence-electron chi connectivity index (χ1n) is 6.25. The predicted octanol–water partition coefficient (Wildman–Crippen LogP) is 2.14. The average Bonchev–Trinajstić information content (AvgIpc) is 2.77. The molecule has 0 amide bonds. The van der Waals surface area contributed by atoms with E-state index in [4.69, 9.17) is 9.84 Å². The average molecular weight is 270 g/mol. The summed E-state index contributed by atoms with van der Waals surface area (Å²) in [4.78, 5) is 14.7. The Labute approximate surface area is 110 Å². The van der Waals surface area contributed by atoms with E-state index in [1.54, 1.807) is 5.38 Å². The summed E-state index contributed by atoms with van der Waals surface area (Å²) in [6.45, 7) is 1.70. The van der Waals surface area contributed by atoms with Gasteiger partial charge in [0, 0.05) is 18.5 Å². The van der Waals surface area contributed by atoms with Crippen LogP contribution in [0.15, 0.2) is 5.38 Å². The second-order valence-corrected chi connectivity index (χ2v) is 5.28. The van der Waals surface area contributed by atoms with Gasteiger partial charge in [-0.15, -0.1) is 11.3 Å². The van der Waals surface area contributed by atoms with E-state index in [-0.39, 0.29) is 6.42 Å². The molecule has 1 aliphatic rings. The first kappa shape index (κ1) is 13.3. The first-order valence-corrected chi connectivity index (χ1v) is 7.13. The summed E-state index contributed by atoms with van der Waals surface area (Å²) < 4.78 is 5.64. The number of hydrogen-bond donors (Lipinski definition) is 2. The first-order chi connectivity index (χ1) is 8.74. The van der Waals surface area contributed by atoms with Crippen molar-refractivity contribution in [2.24, 2.45) is 0 Å². The van der Waals surface area contributed by atoms with Crippen molar-refractivity contribution >= 4 is 22.4 Å². The molecule has 1 unspecified atom stereocenters. The van der Waals surface area contributed by atoms with Gasteiger partial charge in [-0.1, -0.05) is 0 Å². The molecule has 0 aromatic carbocycles. The molecule has 1 saturated heterocycles. The number of rotatable bonds is 6. The molecule has 1 aromatic heterocycles. The molecule has 1 aliphatic heterocycles. The van der Waals surface area contributed by atoms with Crippen LogP contribution in [0.2, 0.25) is 0 Å². The van der Waals surface area contributed by atoms with Crippen LogP contribution in [0.5, 0.6) is 0 Å². The summed E-state index contributed by atoms with van der Waals surface area (Å²) in [7, 11) is 0. The summed E-state index contributed by atoms with van der Waals surface area (Å²) >= 11 is 1.45. The maximum Gasteiger partial charge on any atom is 0.309 e. The van der Waals surface area contributed by atoms with Crippen molar-refractivity contribution in [1.82, 2.24) is 4.98 Å². The number of anilines is 1. The molecule has 0 bridgehead atoms. The van der Waals surface area contributed by atoms with Gasteiger partial charge in [0.15, 0.2) is 5.13 Å². The van der Waals surface area contributed by atoms with Gasteiger partial charge in [-0.3, -0.25) is 4.79 Å². The van der Waals surface area contributed by atoms with Crippen molar-refractivity contribution < 1.29 is 14.6 Å². The van der Waals surface area contributed by atoms with Crippen LogP contribution >= 0.6 is 11.3 Å². The lowest BCUT2D eigenvalue weighted by molar-refractivity contribution is -0.136. The Kier molecular flexibility index (Phi) is 4.95. The van der Waals surface area contributed by atoms with Crippen LogP contribution in [-0.2, 0) is 16.0 Å². The normalized spacial score (nSPS) is 19.7. The molecule has 0 saturated carbocycles. The Bertz CT molecular complexity index is 388. The van der Waals surface area contributed by atoms with Crippen molar-refractivity contribution in [1.29, 1.82) is 0 Å². The van der Waals surface area contributed by atoms with E-state index in [9.17, 15) is 4.79 Å². The predicted molar refractivity (Wildman–Crippen MR) is 70.2 cm³/mol. The largest absolute Gasteiger partial charge is 0.481 e. The molecule has 1 fully saturated rings. The third kappa shape index (κ3) is 4.27. The van der Waals surface area contributed by atoms with Crippen LogP contribution in [0.25, 0.3) is 0 Å². The topological polar surface area (TPSA) is 71.5 Å². The van der Waals surface area contributed by atoms with E-state index in [0.29, 0.717) is 11.8 Å². The van der Waals surface area contributed by atoms with Gasteiger partial charge in [0.05, 0.1) is 18.2 Å². The number of carboxylic acids is 1. The second-order valence-electron chi connectivity index (χ2n) is 4.42. The van der Waals surface area contributed by atoms with E-state index in [0.717, 1.165) is 31.1 Å². The number of hydrogen-bond acceptors (Lipinski definition) is 5. The third-order valence-electron chi connectivity index (χ3n) is 2.90. The molecular formula is C12H18N2O3S. The van der Waals surface area contributed by atoms with Crippen LogP contribution in [0, 0.1) is 0 Å². The van der Waals surface area contributed by atoms with Gasteiger partial charge in [-0.05, 0) is 25.7 Å². The molecule has 1 atom stereocenters. The zero-order valence-electron chi connectivity index (χ0n) is 10.2. The molecular weight excluding hydrogens is 252 g/mol. The maximum absolute atomic E-state index is 10.5. The van der Waals surface area contributed by atoms with Gasteiger partial charge < -0.3 is 15.2 Å². The van der Waals surface area contributed by atoms with Crippen LogP contribution in [0.1, 0.15) is 31.4 Å². The number of aromatic nitrogens is 1. The zero-order valence-corrected chi connectivity index (χ0v) is 11.0. The van der Waals surface area contributed by atoms with Crippen LogP contribution in [-0.4, -0.2) is 35.3 Å². The molecule has 2 rings (SSSR count). The van der Waals surface area contributed by atoms with Crippen LogP contribution in [0.4, 0.5) is 5.13 Å². The van der Waals surface area contributed by atoms with Crippen LogP contribution < -0.4 is 5.32 Å². The summed E-state index contributed by atoms with van der Waals surface area (Å²) in [6, 6.07) is 0. The molecule has 0 radical (unpaired) electrons. The molecule has 2 N–H and O–H groups in total. The molecule has 18 heavy (non-hydrogen) atoms. The van der Waals surface area contributed by atoms with Crippen LogP contribution in [0.3, 0.4) is 0 Å². The number of carbonyl (C=O) groups is 1. The number of ether oxygens (including phenoxy) is 1. The van der Waals surface area contributed by atoms with Crippen molar-refractivity contribution in [3.63, 3.8) is 0 Å². The lowest BCUT2D eigenvalue weighted by Crippen LogP contribution is -2.21. The highest BCUT2D eigenvalue weighted by atomic mass is 32.1. The molecule has 0 spiro atoms. The van der Waals surface area contributed by atoms with E-state index in [2.05, 4.69) is 10.3 Å². The number of nitrogens with zero attached hydrogens (tertiary/aromatic N) is 1. The third-order valence-corrected chi connectivity index (χ3v) is 3.75. The molecule has 2 heterocycles. The highest BCUT2D eigenvalue weighted by Gasteiger charge is 2.13. The van der Waals surface area contributed by atoms with Gasteiger partial charge >= 0.3 is 5.97 Å². The monoisotopic (exact) mass is 270 g/mol. The van der Waals surface area contributed by atoms with Crippen molar-refractivity contribution in [3.8, 4) is 0 Å². The van der Waals surface area contributed by atoms with E-state index in [1.807, 2.05) is 0 Å². The fourth-order valence-corrected chi connectivity index (χ4v) is 2.74. The number of thiazole rings is 1. The zero-order chi connectivity index (χ0) is 12.8. The van der Waals surface area contributed by atoms with Crippen molar-refractivity contribution in [2.45, 2.75) is 38.2 Å². The Balaban J connectivity index is 1.69. The van der Waals surface area contributed by atoms with E-state index >= 15 is 0 Å². The molecule has 6 heteroatoms. The standard InChI is InChI=1S/C12H18N2O3S/c15-11(16)7-9-8-18-12(14-9)13-5-4-10-3-1-2-6-17-10/h8,10H,1-7H2,(H,13,14)(H,15,16). The Morgan fingerprint density at radius 2 is 2.50 bits per heavy atom. The van der Waals surface area contributed by atoms with Gasteiger partial charge in [0.2, 0.25) is 0 Å². The maximum atomic E-state index is 10.5. The van der Waals surface area contributed by atoms with E-state index < -0.39 is 5.97 Å². The van der Waals surface area contributed by atoms with Crippen molar-refractivity contribution in [3.05, 3.63) is 11.1 Å². The summed E-state index contributed by atoms with van der Waals surface area (Å²) in [6.07, 6.45) is 4.91. The number of nitrogens with one attached hydrogen (secondary N) is 1. The Morgan fingerprint density at radius 3 is 3.22 bits per heavy atom. The minimum Gasteiger partial charge on any atom is -0.481 e. The summed E-state index contributed by atoms with van der Waals surface area (Å²) in [5, 5.41) is 14.4. The highest BCUT2D eigenvalue weighted by Crippen LogP contribution is 2.18. The quantitative estimate of drug-likeness (QED) is 0.828. The van der Waals surface area contributed by atoms with Gasteiger partial charge in [-0.2, -0.15) is 0 Å². The minimum atomic E-state index is -0.845. The van der Waals surface area contributed by atoms with Gasteiger partial charge in [-0.25, -0.2) is 4.98 Å². The minimum absolute atomic E-state index is 0.0100. The summed E-state index contributed by atoms with van der Waals surface area (Å²) in [5.41, 5.74) is 0.615. The fourth-order valence-electron chi connectivity index (χ4n) is 2.00. The Hall–Kier alpha value is -1.14. The smallest absolute Gasteiger partial charge is 0.309 e. The highest BCUT2D eigenvalue weighted by molar-refractivity contribution is 7.13. The lowest BCUT2D eigenvalue weighted by Gasteiger charge is -2.22. The van der Waals surface area contributed by atoms with E-state index in [1.165, 1.54) is 24.2 Å². The summed E-state index contributed by atoms with van der Waals surface area (Å²) in [5.74, 6) is -0.845.